The molecule has 31 heavy (non-hydrogen) atoms. The molecule has 1 unspecified atom stereocenters. The summed E-state index contributed by atoms with van der Waals surface area (Å²) in [6.45, 7) is 5.82. The van der Waals surface area contributed by atoms with Crippen molar-refractivity contribution < 1.29 is 9.53 Å². The third-order valence-electron chi connectivity index (χ3n) is 5.55. The molecular formula is C24H28N4O2S. The highest BCUT2D eigenvalue weighted by atomic mass is 32.2. The Morgan fingerprint density at radius 1 is 1.19 bits per heavy atom. The highest BCUT2D eigenvalue weighted by Gasteiger charge is 2.23. The second-order valence-corrected chi connectivity index (χ2v) is 8.40. The maximum atomic E-state index is 13.0. The lowest BCUT2D eigenvalue weighted by Crippen LogP contribution is -2.43. The number of imidazole rings is 1. The van der Waals surface area contributed by atoms with Crippen LogP contribution in [0.4, 0.5) is 0 Å². The average Bonchev–Trinajstić information content (AvgIpc) is 3.29. The number of aryl methyl sites for hydroxylation is 1. The van der Waals surface area contributed by atoms with Crippen LogP contribution in [0.25, 0.3) is 5.69 Å². The van der Waals surface area contributed by atoms with Crippen LogP contribution in [0, 0.1) is 6.92 Å². The van der Waals surface area contributed by atoms with Gasteiger partial charge in [-0.2, -0.15) is 0 Å². The summed E-state index contributed by atoms with van der Waals surface area (Å²) in [5.74, 6) is -0.0708. The van der Waals surface area contributed by atoms with Crippen LogP contribution in [-0.2, 0) is 4.74 Å². The van der Waals surface area contributed by atoms with Crippen LogP contribution < -0.4 is 5.32 Å². The molecular weight excluding hydrogens is 408 g/mol. The van der Waals surface area contributed by atoms with Gasteiger partial charge in [-0.3, -0.25) is 14.3 Å². The second-order valence-electron chi connectivity index (χ2n) is 7.62. The van der Waals surface area contributed by atoms with E-state index in [0.717, 1.165) is 37.1 Å². The molecule has 0 spiro atoms. The third-order valence-corrected chi connectivity index (χ3v) is 6.21. The first kappa shape index (κ1) is 21.6. The van der Waals surface area contributed by atoms with E-state index in [1.54, 1.807) is 18.0 Å². The fourth-order valence-electron chi connectivity index (χ4n) is 3.95. The van der Waals surface area contributed by atoms with Gasteiger partial charge in [0, 0.05) is 43.3 Å². The third kappa shape index (κ3) is 5.18. The fourth-order valence-corrected chi connectivity index (χ4v) is 4.48. The largest absolute Gasteiger partial charge is 0.379 e. The number of carbonyl (C=O) groups excluding carboxylic acids is 1. The molecule has 162 valence electrons. The highest BCUT2D eigenvalue weighted by Crippen LogP contribution is 2.23. The van der Waals surface area contributed by atoms with Crippen molar-refractivity contribution in [1.82, 2.24) is 19.8 Å². The van der Waals surface area contributed by atoms with E-state index in [-0.39, 0.29) is 11.9 Å². The van der Waals surface area contributed by atoms with Crippen molar-refractivity contribution in [3.63, 3.8) is 0 Å². The van der Waals surface area contributed by atoms with Gasteiger partial charge in [0.25, 0.3) is 5.91 Å². The van der Waals surface area contributed by atoms with Crippen molar-refractivity contribution in [3.05, 3.63) is 77.6 Å². The zero-order valence-corrected chi connectivity index (χ0v) is 18.8. The normalized spacial score (nSPS) is 15.5. The summed E-state index contributed by atoms with van der Waals surface area (Å²) in [6.07, 6.45) is 5.68. The zero-order chi connectivity index (χ0) is 21.6. The molecule has 2 heterocycles. The molecule has 0 radical (unpaired) electrons. The Balaban J connectivity index is 1.51. The standard InChI is InChI=1S/C24H28N4O2S/c1-18-5-3-6-19(15-18)22(27-11-13-30-14-12-27)17-26-23(29)20-7-4-8-21(16-20)28-10-9-25-24(28)31-2/h3-10,15-16,22H,11-14,17H2,1-2H3,(H,26,29). The predicted octanol–water partition coefficient (Wildman–Crippen LogP) is 3.71. The molecule has 2 aromatic carbocycles. The van der Waals surface area contributed by atoms with E-state index in [9.17, 15) is 4.79 Å². The van der Waals surface area contributed by atoms with E-state index in [2.05, 4.69) is 46.4 Å². The minimum atomic E-state index is -0.0708. The van der Waals surface area contributed by atoms with Crippen LogP contribution >= 0.6 is 11.8 Å². The maximum absolute atomic E-state index is 13.0. The number of amides is 1. The van der Waals surface area contributed by atoms with Crippen molar-refractivity contribution in [2.24, 2.45) is 0 Å². The summed E-state index contributed by atoms with van der Waals surface area (Å²) in [6, 6.07) is 16.3. The molecule has 4 rings (SSSR count). The summed E-state index contributed by atoms with van der Waals surface area (Å²) >= 11 is 1.58. The van der Waals surface area contributed by atoms with Crippen molar-refractivity contribution in [3.8, 4) is 5.69 Å². The van der Waals surface area contributed by atoms with Gasteiger partial charge >= 0.3 is 0 Å². The molecule has 1 aliphatic rings. The first-order valence-electron chi connectivity index (χ1n) is 10.5. The van der Waals surface area contributed by atoms with Crippen molar-refractivity contribution >= 4 is 17.7 Å². The van der Waals surface area contributed by atoms with Gasteiger partial charge in [-0.1, -0.05) is 47.7 Å². The van der Waals surface area contributed by atoms with Gasteiger partial charge in [-0.15, -0.1) is 0 Å². The number of hydrogen-bond acceptors (Lipinski definition) is 5. The number of thioether (sulfide) groups is 1. The summed E-state index contributed by atoms with van der Waals surface area (Å²) in [4.78, 5) is 19.8. The number of nitrogens with zero attached hydrogens (tertiary/aromatic N) is 3. The lowest BCUT2D eigenvalue weighted by molar-refractivity contribution is 0.0162. The van der Waals surface area contributed by atoms with Crippen molar-refractivity contribution in [2.45, 2.75) is 18.1 Å². The van der Waals surface area contributed by atoms with E-state index in [1.807, 2.05) is 41.3 Å². The minimum absolute atomic E-state index is 0.0708. The molecule has 1 saturated heterocycles. The molecule has 1 atom stereocenters. The highest BCUT2D eigenvalue weighted by molar-refractivity contribution is 7.98. The van der Waals surface area contributed by atoms with Crippen LogP contribution in [0.15, 0.2) is 66.1 Å². The predicted molar refractivity (Wildman–Crippen MR) is 124 cm³/mol. The van der Waals surface area contributed by atoms with E-state index >= 15 is 0 Å². The fraction of sp³-hybridized carbons (Fsp3) is 0.333. The average molecular weight is 437 g/mol. The Morgan fingerprint density at radius 2 is 2.00 bits per heavy atom. The number of morpholine rings is 1. The first-order valence-corrected chi connectivity index (χ1v) is 11.7. The number of benzene rings is 2. The molecule has 0 aliphatic carbocycles. The van der Waals surface area contributed by atoms with Gasteiger partial charge in [0.05, 0.1) is 19.3 Å². The van der Waals surface area contributed by atoms with Gasteiger partial charge in [0.1, 0.15) is 0 Å². The van der Waals surface area contributed by atoms with E-state index in [0.29, 0.717) is 12.1 Å². The van der Waals surface area contributed by atoms with Gasteiger partial charge in [-0.25, -0.2) is 4.98 Å². The van der Waals surface area contributed by atoms with E-state index < -0.39 is 0 Å². The summed E-state index contributed by atoms with van der Waals surface area (Å²) < 4.78 is 7.52. The Labute approximate surface area is 187 Å². The first-order chi connectivity index (χ1) is 15.2. The van der Waals surface area contributed by atoms with Crippen LogP contribution in [0.5, 0.6) is 0 Å². The number of carbonyl (C=O) groups is 1. The number of ether oxygens (including phenoxy) is 1. The Morgan fingerprint density at radius 3 is 2.77 bits per heavy atom. The zero-order valence-electron chi connectivity index (χ0n) is 18.0. The number of rotatable bonds is 7. The lowest BCUT2D eigenvalue weighted by Gasteiger charge is -2.35. The van der Waals surface area contributed by atoms with E-state index in [1.165, 1.54) is 11.1 Å². The monoisotopic (exact) mass is 436 g/mol. The maximum Gasteiger partial charge on any atom is 0.251 e. The van der Waals surface area contributed by atoms with Gasteiger partial charge in [0.2, 0.25) is 0 Å². The summed E-state index contributed by atoms with van der Waals surface area (Å²) in [5.41, 5.74) is 4.01. The molecule has 7 heteroatoms. The topological polar surface area (TPSA) is 59.4 Å². The number of hydrogen-bond donors (Lipinski definition) is 1. The number of nitrogens with one attached hydrogen (secondary N) is 1. The molecule has 1 amide bonds. The molecule has 1 fully saturated rings. The SMILES string of the molecule is CSc1nccn1-c1cccc(C(=O)NCC(c2cccc(C)c2)N2CCOCC2)c1. The molecule has 3 aromatic rings. The molecule has 0 bridgehead atoms. The molecule has 1 aliphatic heterocycles. The van der Waals surface area contributed by atoms with Gasteiger partial charge < -0.3 is 10.1 Å². The molecule has 0 saturated carbocycles. The summed E-state index contributed by atoms with van der Waals surface area (Å²) in [7, 11) is 0. The lowest BCUT2D eigenvalue weighted by atomic mass is 10.0. The van der Waals surface area contributed by atoms with Gasteiger partial charge in [0.15, 0.2) is 5.16 Å². The van der Waals surface area contributed by atoms with Gasteiger partial charge in [-0.05, 0) is 36.9 Å². The van der Waals surface area contributed by atoms with Crippen molar-refractivity contribution in [2.75, 3.05) is 39.1 Å². The Bertz CT molecular complexity index is 1030. The smallest absolute Gasteiger partial charge is 0.251 e. The van der Waals surface area contributed by atoms with Crippen molar-refractivity contribution in [1.29, 1.82) is 0 Å². The quantitative estimate of drug-likeness (QED) is 0.572. The number of aromatic nitrogens is 2. The Kier molecular flexibility index (Phi) is 7.06. The van der Waals surface area contributed by atoms with Crippen LogP contribution in [0.1, 0.15) is 27.5 Å². The van der Waals surface area contributed by atoms with Crippen LogP contribution in [-0.4, -0.2) is 59.5 Å². The molecule has 1 N–H and O–H groups in total. The van der Waals surface area contributed by atoms with Crippen LogP contribution in [0.2, 0.25) is 0 Å². The second kappa shape index (κ2) is 10.1. The minimum Gasteiger partial charge on any atom is -0.379 e. The Hall–Kier alpha value is -2.61. The molecule has 1 aromatic heterocycles. The summed E-state index contributed by atoms with van der Waals surface area (Å²) in [5, 5.41) is 4.06. The van der Waals surface area contributed by atoms with E-state index in [4.69, 9.17) is 4.74 Å². The molecule has 6 nitrogen and oxygen atoms in total. The van der Waals surface area contributed by atoms with Crippen LogP contribution in [0.3, 0.4) is 0 Å².